The minimum absolute atomic E-state index is 0.747. The summed E-state index contributed by atoms with van der Waals surface area (Å²) in [6.07, 6.45) is 2.54. The van der Waals surface area contributed by atoms with Crippen LogP contribution >= 0.6 is 35.1 Å². The van der Waals surface area contributed by atoms with Gasteiger partial charge in [0.2, 0.25) is 0 Å². The van der Waals surface area contributed by atoms with Gasteiger partial charge in [-0.3, -0.25) is 0 Å². The number of benzene rings is 1. The third-order valence-corrected chi connectivity index (χ3v) is 5.67. The maximum Gasteiger partial charge on any atom is 0.130 e. The van der Waals surface area contributed by atoms with Crippen molar-refractivity contribution in [2.45, 2.75) is 31.9 Å². The molecule has 1 saturated heterocycles. The fraction of sp³-hybridized carbons (Fsp3) is 0.462. The third-order valence-electron chi connectivity index (χ3n) is 2.64. The Balaban J connectivity index is 2.09. The Hall–Kier alpha value is -0.120. The van der Waals surface area contributed by atoms with Crippen molar-refractivity contribution >= 4 is 45.2 Å². The maximum absolute atomic E-state index is 5.94. The number of nitrogens with zero attached hydrogens (tertiary/aromatic N) is 1. The lowest BCUT2D eigenvalue weighted by Gasteiger charge is -2.03. The first-order valence-corrected chi connectivity index (χ1v) is 8.07. The predicted molar refractivity (Wildman–Crippen MR) is 82.0 cm³/mol. The topological polar surface area (TPSA) is 12.4 Å². The van der Waals surface area contributed by atoms with E-state index < -0.39 is 0 Å². The highest BCUT2D eigenvalue weighted by Crippen LogP contribution is 2.37. The highest BCUT2D eigenvalue weighted by atomic mass is 35.5. The van der Waals surface area contributed by atoms with Gasteiger partial charge in [-0.15, -0.1) is 0 Å². The van der Waals surface area contributed by atoms with Crippen LogP contribution in [0.2, 0.25) is 5.02 Å². The van der Waals surface area contributed by atoms with Gasteiger partial charge in [0, 0.05) is 16.0 Å². The van der Waals surface area contributed by atoms with Crippen molar-refractivity contribution in [3.63, 3.8) is 0 Å². The van der Waals surface area contributed by atoms with Gasteiger partial charge < -0.3 is 0 Å². The van der Waals surface area contributed by atoms with Crippen LogP contribution in [0.4, 0.5) is 5.69 Å². The number of thioether (sulfide) groups is 2. The van der Waals surface area contributed by atoms with Crippen LogP contribution in [-0.2, 0) is 0 Å². The Kier molecular flexibility index (Phi) is 4.83. The predicted octanol–water partition coefficient (Wildman–Crippen LogP) is 5.28. The van der Waals surface area contributed by atoms with E-state index in [1.165, 1.54) is 23.0 Å². The number of aliphatic imine (C=N–C) groups is 1. The lowest BCUT2D eigenvalue weighted by molar-refractivity contribution is 0.798. The number of hydrogen-bond acceptors (Lipinski definition) is 3. The van der Waals surface area contributed by atoms with E-state index in [1.54, 1.807) is 0 Å². The summed E-state index contributed by atoms with van der Waals surface area (Å²) in [4.78, 5) is 4.72. The summed E-state index contributed by atoms with van der Waals surface area (Å²) in [6.45, 7) is 4.29. The first kappa shape index (κ1) is 13.3. The number of rotatable bonds is 3. The summed E-state index contributed by atoms with van der Waals surface area (Å²) in [6, 6.07) is 5.87. The van der Waals surface area contributed by atoms with Gasteiger partial charge in [0.25, 0.3) is 0 Å². The molecular formula is C13H16ClNS2. The van der Waals surface area contributed by atoms with Crippen LogP contribution in [0, 0.1) is 6.92 Å². The molecule has 4 heteroatoms. The Bertz CT molecular complexity index is 431. The van der Waals surface area contributed by atoms with E-state index in [0.29, 0.717) is 0 Å². The van der Waals surface area contributed by atoms with Gasteiger partial charge in [-0.25, -0.2) is 4.99 Å². The Morgan fingerprint density at radius 1 is 1.47 bits per heavy atom. The minimum Gasteiger partial charge on any atom is -0.235 e. The monoisotopic (exact) mass is 285 g/mol. The maximum atomic E-state index is 5.94. The Morgan fingerprint density at radius 2 is 2.29 bits per heavy atom. The van der Waals surface area contributed by atoms with Crippen LogP contribution < -0.4 is 0 Å². The molecule has 1 nitrogen and oxygen atoms in total. The van der Waals surface area contributed by atoms with E-state index in [9.17, 15) is 0 Å². The normalized spacial score (nSPS) is 22.3. The Labute approximate surface area is 116 Å². The molecule has 0 amide bonds. The van der Waals surface area contributed by atoms with Gasteiger partial charge in [-0.2, -0.15) is 0 Å². The van der Waals surface area contributed by atoms with Crippen molar-refractivity contribution < 1.29 is 0 Å². The van der Waals surface area contributed by atoms with Crippen molar-refractivity contribution in [2.75, 3.05) is 5.75 Å². The summed E-state index contributed by atoms with van der Waals surface area (Å²) in [5.74, 6) is 1.20. The van der Waals surface area contributed by atoms with E-state index in [-0.39, 0.29) is 0 Å². The molecule has 1 unspecified atom stereocenters. The smallest absolute Gasteiger partial charge is 0.130 e. The molecule has 0 saturated carbocycles. The van der Waals surface area contributed by atoms with Crippen LogP contribution in [0.3, 0.4) is 0 Å². The van der Waals surface area contributed by atoms with Crippen LogP contribution in [0.15, 0.2) is 23.2 Å². The molecular weight excluding hydrogens is 270 g/mol. The first-order chi connectivity index (χ1) is 8.19. The molecule has 1 heterocycles. The quantitative estimate of drug-likeness (QED) is 0.748. The van der Waals surface area contributed by atoms with Crippen molar-refractivity contribution in [3.05, 3.63) is 28.8 Å². The lowest BCUT2D eigenvalue weighted by atomic mass is 10.2. The second kappa shape index (κ2) is 6.17. The molecule has 2 rings (SSSR count). The molecule has 0 spiro atoms. The van der Waals surface area contributed by atoms with Gasteiger partial charge in [-0.1, -0.05) is 48.5 Å². The van der Waals surface area contributed by atoms with E-state index in [4.69, 9.17) is 16.6 Å². The fourth-order valence-corrected chi connectivity index (χ4v) is 4.78. The van der Waals surface area contributed by atoms with Crippen LogP contribution in [-0.4, -0.2) is 15.4 Å². The third kappa shape index (κ3) is 3.67. The second-order valence-corrected chi connectivity index (χ2v) is 7.14. The molecule has 0 radical (unpaired) electrons. The minimum atomic E-state index is 0.747. The highest BCUT2D eigenvalue weighted by Gasteiger charge is 2.21. The van der Waals surface area contributed by atoms with Gasteiger partial charge >= 0.3 is 0 Å². The van der Waals surface area contributed by atoms with Gasteiger partial charge in [0.15, 0.2) is 0 Å². The molecule has 0 aliphatic carbocycles. The summed E-state index contributed by atoms with van der Waals surface area (Å²) >= 11 is 9.74. The van der Waals surface area contributed by atoms with Crippen molar-refractivity contribution in [2.24, 2.45) is 4.99 Å². The van der Waals surface area contributed by atoms with Crippen LogP contribution in [0.5, 0.6) is 0 Å². The average Bonchev–Trinajstić information content (AvgIpc) is 2.71. The highest BCUT2D eigenvalue weighted by molar-refractivity contribution is 8.41. The van der Waals surface area contributed by atoms with Gasteiger partial charge in [0.05, 0.1) is 5.69 Å². The zero-order valence-corrected chi connectivity index (χ0v) is 12.5. The number of halogens is 1. The van der Waals surface area contributed by atoms with Gasteiger partial charge in [-0.05, 0) is 37.1 Å². The standard InChI is InChI=1S/C13H16ClNS2/c1-3-4-11-8-16-13(17-11)15-12-6-5-10(14)7-9(12)2/h5-7,11H,3-4,8H2,1-2H3. The zero-order valence-electron chi connectivity index (χ0n) is 10.1. The van der Waals surface area contributed by atoms with E-state index in [1.807, 2.05) is 41.7 Å². The SMILES string of the molecule is CCCC1CSC(=Nc2ccc(Cl)cc2C)S1. The summed E-state index contributed by atoms with van der Waals surface area (Å²) in [5.41, 5.74) is 2.19. The van der Waals surface area contributed by atoms with Crippen molar-refractivity contribution in [1.29, 1.82) is 0 Å². The number of hydrogen-bond donors (Lipinski definition) is 0. The first-order valence-electron chi connectivity index (χ1n) is 5.83. The summed E-state index contributed by atoms with van der Waals surface area (Å²) in [5, 5.41) is 1.53. The molecule has 0 bridgehead atoms. The molecule has 17 heavy (non-hydrogen) atoms. The Morgan fingerprint density at radius 3 is 3.00 bits per heavy atom. The summed E-state index contributed by atoms with van der Waals surface area (Å²) < 4.78 is 1.20. The molecule has 1 aliphatic rings. The molecule has 0 N–H and O–H groups in total. The van der Waals surface area contributed by atoms with E-state index in [2.05, 4.69) is 13.8 Å². The van der Waals surface area contributed by atoms with Crippen molar-refractivity contribution in [1.82, 2.24) is 0 Å². The van der Waals surface area contributed by atoms with Gasteiger partial charge in [0.1, 0.15) is 4.38 Å². The van der Waals surface area contributed by atoms with Crippen LogP contribution in [0.25, 0.3) is 0 Å². The molecule has 1 fully saturated rings. The molecule has 1 aromatic carbocycles. The molecule has 1 aliphatic heterocycles. The van der Waals surface area contributed by atoms with Crippen molar-refractivity contribution in [3.8, 4) is 0 Å². The number of aryl methyl sites for hydroxylation is 1. The second-order valence-electron chi connectivity index (χ2n) is 4.15. The van der Waals surface area contributed by atoms with Crippen LogP contribution in [0.1, 0.15) is 25.3 Å². The lowest BCUT2D eigenvalue weighted by Crippen LogP contribution is -1.98. The largest absolute Gasteiger partial charge is 0.235 e. The molecule has 0 aromatic heterocycles. The molecule has 1 atom stereocenters. The summed E-state index contributed by atoms with van der Waals surface area (Å²) in [7, 11) is 0. The van der Waals surface area contributed by atoms with E-state index >= 15 is 0 Å². The van der Waals surface area contributed by atoms with E-state index in [0.717, 1.165) is 21.5 Å². The average molecular weight is 286 g/mol. The zero-order chi connectivity index (χ0) is 12.3. The fourth-order valence-electron chi connectivity index (χ4n) is 1.74. The molecule has 1 aromatic rings. The molecule has 92 valence electrons.